The van der Waals surface area contributed by atoms with Crippen molar-refractivity contribution in [2.24, 2.45) is 5.92 Å². The van der Waals surface area contributed by atoms with Crippen LogP contribution in [0.25, 0.3) is 0 Å². The van der Waals surface area contributed by atoms with Gasteiger partial charge in [0.15, 0.2) is 5.82 Å². The number of hydrogen-bond donors (Lipinski definition) is 0. The Balaban J connectivity index is 1.41. The average Bonchev–Trinajstić information content (AvgIpc) is 3.27. The highest BCUT2D eigenvalue weighted by atomic mass is 16.5. The minimum atomic E-state index is 0.0603. The van der Waals surface area contributed by atoms with Crippen LogP contribution in [0.3, 0.4) is 0 Å². The maximum Gasteiger partial charge on any atom is 0.240 e. The first-order chi connectivity index (χ1) is 11.2. The summed E-state index contributed by atoms with van der Waals surface area (Å²) in [7, 11) is 0. The van der Waals surface area contributed by atoms with Crippen LogP contribution in [-0.2, 0) is 17.8 Å². The molecule has 1 fully saturated rings. The molecule has 4 rings (SSSR count). The topological polar surface area (TPSA) is 62.5 Å². The second-order valence-corrected chi connectivity index (χ2v) is 6.32. The number of anilines is 1. The molecule has 0 N–H and O–H groups in total. The molecule has 0 aliphatic carbocycles. The Labute approximate surface area is 135 Å². The highest BCUT2D eigenvalue weighted by molar-refractivity contribution is 5.97. The summed E-state index contributed by atoms with van der Waals surface area (Å²) in [5, 5.41) is 3.81. The van der Waals surface area contributed by atoms with E-state index in [1.165, 1.54) is 5.56 Å². The fraction of sp³-hybridized carbons (Fsp3) is 0.471. The zero-order valence-corrected chi connectivity index (χ0v) is 13.2. The van der Waals surface area contributed by atoms with E-state index in [0.29, 0.717) is 18.3 Å². The van der Waals surface area contributed by atoms with Gasteiger partial charge in [-0.2, -0.15) is 4.98 Å². The monoisotopic (exact) mass is 312 g/mol. The summed E-state index contributed by atoms with van der Waals surface area (Å²) in [6, 6.07) is 8.20. The third-order valence-corrected chi connectivity index (χ3v) is 4.70. The van der Waals surface area contributed by atoms with Crippen LogP contribution >= 0.6 is 0 Å². The Bertz CT molecular complexity index is 727. The van der Waals surface area contributed by atoms with E-state index in [9.17, 15) is 4.79 Å². The Kier molecular flexibility index (Phi) is 3.61. The zero-order valence-electron chi connectivity index (χ0n) is 13.2. The number of carbonyl (C=O) groups excluding carboxylic acids is 1. The molecule has 1 atom stereocenters. The van der Waals surface area contributed by atoms with Crippen molar-refractivity contribution in [1.82, 2.24) is 15.0 Å². The SMILES string of the molecule is Cc1noc(CN2CCC(C(=O)N3CCc4ccccc43)C2)n1. The largest absolute Gasteiger partial charge is 0.338 e. The van der Waals surface area contributed by atoms with Gasteiger partial charge in [-0.25, -0.2) is 0 Å². The first kappa shape index (κ1) is 14.4. The number of carbonyl (C=O) groups is 1. The van der Waals surface area contributed by atoms with Crippen molar-refractivity contribution in [3.8, 4) is 0 Å². The van der Waals surface area contributed by atoms with Gasteiger partial charge in [-0.3, -0.25) is 9.69 Å². The molecule has 1 aromatic carbocycles. The predicted molar refractivity (Wildman–Crippen MR) is 84.9 cm³/mol. The van der Waals surface area contributed by atoms with Gasteiger partial charge < -0.3 is 9.42 Å². The molecular formula is C17H20N4O2. The van der Waals surface area contributed by atoms with E-state index in [4.69, 9.17) is 4.52 Å². The molecule has 0 radical (unpaired) electrons. The molecule has 0 bridgehead atoms. The van der Waals surface area contributed by atoms with Gasteiger partial charge in [-0.05, 0) is 37.9 Å². The van der Waals surface area contributed by atoms with Crippen molar-refractivity contribution >= 4 is 11.6 Å². The van der Waals surface area contributed by atoms with E-state index >= 15 is 0 Å². The van der Waals surface area contributed by atoms with Crippen molar-refractivity contribution in [2.45, 2.75) is 26.3 Å². The number of fused-ring (bicyclic) bond motifs is 1. The summed E-state index contributed by atoms with van der Waals surface area (Å²) >= 11 is 0. The number of aryl methyl sites for hydroxylation is 1. The molecule has 23 heavy (non-hydrogen) atoms. The molecule has 1 amide bonds. The second kappa shape index (κ2) is 5.77. The lowest BCUT2D eigenvalue weighted by Gasteiger charge is -2.21. The number of rotatable bonds is 3. The maximum absolute atomic E-state index is 12.9. The number of aromatic nitrogens is 2. The lowest BCUT2D eigenvalue weighted by molar-refractivity contribution is -0.121. The Hall–Kier alpha value is -2.21. The van der Waals surface area contributed by atoms with Gasteiger partial charge in [0.25, 0.3) is 0 Å². The van der Waals surface area contributed by atoms with E-state index in [0.717, 1.165) is 38.2 Å². The Morgan fingerprint density at radius 1 is 1.35 bits per heavy atom. The zero-order chi connectivity index (χ0) is 15.8. The van der Waals surface area contributed by atoms with Crippen molar-refractivity contribution in [3.63, 3.8) is 0 Å². The highest BCUT2D eigenvalue weighted by Crippen LogP contribution is 2.30. The van der Waals surface area contributed by atoms with E-state index < -0.39 is 0 Å². The number of hydrogen-bond acceptors (Lipinski definition) is 5. The van der Waals surface area contributed by atoms with Crippen molar-refractivity contribution < 1.29 is 9.32 Å². The fourth-order valence-electron chi connectivity index (χ4n) is 3.56. The standard InChI is InChI=1S/C17H20N4O2/c1-12-18-16(23-19-12)11-20-8-6-14(10-20)17(22)21-9-7-13-4-2-3-5-15(13)21/h2-5,14H,6-11H2,1H3. The molecular weight excluding hydrogens is 292 g/mol. The molecule has 3 heterocycles. The van der Waals surface area contributed by atoms with E-state index in [-0.39, 0.29) is 11.8 Å². The quantitative estimate of drug-likeness (QED) is 0.864. The predicted octanol–water partition coefficient (Wildman–Crippen LogP) is 1.79. The van der Waals surface area contributed by atoms with Crippen molar-refractivity contribution in [1.29, 1.82) is 0 Å². The number of amides is 1. The van der Waals surface area contributed by atoms with Crippen LogP contribution in [0, 0.1) is 12.8 Å². The van der Waals surface area contributed by atoms with Gasteiger partial charge in [-0.1, -0.05) is 23.4 Å². The molecule has 6 heteroatoms. The van der Waals surface area contributed by atoms with Crippen molar-refractivity contribution in [3.05, 3.63) is 41.5 Å². The second-order valence-electron chi connectivity index (χ2n) is 6.32. The summed E-state index contributed by atoms with van der Waals surface area (Å²) in [4.78, 5) is 21.3. The molecule has 1 aromatic heterocycles. The van der Waals surface area contributed by atoms with E-state index in [1.54, 1.807) is 0 Å². The number of benzene rings is 1. The first-order valence-corrected chi connectivity index (χ1v) is 8.11. The van der Waals surface area contributed by atoms with Crippen LogP contribution in [0.1, 0.15) is 23.7 Å². The summed E-state index contributed by atoms with van der Waals surface area (Å²) in [5.74, 6) is 1.59. The summed E-state index contributed by atoms with van der Waals surface area (Å²) < 4.78 is 5.17. The maximum atomic E-state index is 12.9. The molecule has 120 valence electrons. The van der Waals surface area contributed by atoms with Crippen LogP contribution in [-0.4, -0.2) is 40.6 Å². The smallest absolute Gasteiger partial charge is 0.240 e. The van der Waals surface area contributed by atoms with Gasteiger partial charge in [-0.15, -0.1) is 0 Å². The average molecular weight is 312 g/mol. The van der Waals surface area contributed by atoms with Crippen LogP contribution in [0.2, 0.25) is 0 Å². The van der Waals surface area contributed by atoms with E-state index in [1.807, 2.05) is 30.0 Å². The minimum absolute atomic E-state index is 0.0603. The lowest BCUT2D eigenvalue weighted by Crippen LogP contribution is -2.36. The summed E-state index contributed by atoms with van der Waals surface area (Å²) in [6.45, 7) is 4.90. The fourth-order valence-corrected chi connectivity index (χ4v) is 3.56. The normalized spacial score (nSPS) is 20.9. The molecule has 2 aliphatic heterocycles. The minimum Gasteiger partial charge on any atom is -0.338 e. The highest BCUT2D eigenvalue weighted by Gasteiger charge is 2.34. The van der Waals surface area contributed by atoms with E-state index in [2.05, 4.69) is 21.1 Å². The lowest BCUT2D eigenvalue weighted by atomic mass is 10.1. The van der Waals surface area contributed by atoms with Crippen LogP contribution in [0.4, 0.5) is 5.69 Å². The van der Waals surface area contributed by atoms with Gasteiger partial charge in [0.1, 0.15) is 0 Å². The number of nitrogens with zero attached hydrogens (tertiary/aromatic N) is 4. The van der Waals surface area contributed by atoms with Gasteiger partial charge in [0, 0.05) is 18.8 Å². The summed E-state index contributed by atoms with van der Waals surface area (Å²) in [5.41, 5.74) is 2.36. The molecule has 2 aromatic rings. The van der Waals surface area contributed by atoms with Gasteiger partial charge in [0.2, 0.25) is 11.8 Å². The number of para-hydroxylation sites is 1. The van der Waals surface area contributed by atoms with Gasteiger partial charge >= 0.3 is 0 Å². The third kappa shape index (κ3) is 2.74. The van der Waals surface area contributed by atoms with Gasteiger partial charge in [0.05, 0.1) is 12.5 Å². The molecule has 6 nitrogen and oxygen atoms in total. The third-order valence-electron chi connectivity index (χ3n) is 4.70. The molecule has 2 aliphatic rings. The Morgan fingerprint density at radius 3 is 3.04 bits per heavy atom. The Morgan fingerprint density at radius 2 is 2.22 bits per heavy atom. The van der Waals surface area contributed by atoms with Crippen LogP contribution in [0.15, 0.2) is 28.8 Å². The van der Waals surface area contributed by atoms with Crippen LogP contribution in [0.5, 0.6) is 0 Å². The van der Waals surface area contributed by atoms with Crippen LogP contribution < -0.4 is 4.90 Å². The first-order valence-electron chi connectivity index (χ1n) is 8.11. The van der Waals surface area contributed by atoms with Crippen molar-refractivity contribution in [2.75, 3.05) is 24.5 Å². The number of likely N-dealkylation sites (tertiary alicyclic amines) is 1. The summed E-state index contributed by atoms with van der Waals surface area (Å²) in [6.07, 6.45) is 1.85. The molecule has 0 spiro atoms. The molecule has 1 unspecified atom stereocenters. The molecule has 1 saturated heterocycles. The molecule has 0 saturated carbocycles.